The molecule has 1 aromatic carbocycles. The second kappa shape index (κ2) is 8.17. The van der Waals surface area contributed by atoms with Gasteiger partial charge in [-0.2, -0.15) is 0 Å². The van der Waals surface area contributed by atoms with E-state index in [2.05, 4.69) is 5.32 Å². The smallest absolute Gasteiger partial charge is 0.325 e. The van der Waals surface area contributed by atoms with Gasteiger partial charge < -0.3 is 14.8 Å². The average molecular weight is 399 g/mol. The van der Waals surface area contributed by atoms with Crippen LogP contribution in [0.4, 0.5) is 0 Å². The number of ketones is 1. The predicted octanol–water partition coefficient (Wildman–Crippen LogP) is 3.14. The number of hydrogen-bond donors (Lipinski definition) is 1. The van der Waals surface area contributed by atoms with Gasteiger partial charge in [0, 0.05) is 11.0 Å². The normalized spacial score (nSPS) is 29.3. The van der Waals surface area contributed by atoms with Crippen LogP contribution in [0.2, 0.25) is 0 Å². The van der Waals surface area contributed by atoms with E-state index in [4.69, 9.17) is 9.47 Å². The number of hydrogen-bond acceptors (Lipinski definition) is 5. The first-order valence-electron chi connectivity index (χ1n) is 10.7. The molecule has 0 aliphatic heterocycles. The van der Waals surface area contributed by atoms with Crippen molar-refractivity contribution in [3.8, 4) is 5.75 Å². The highest BCUT2D eigenvalue weighted by Crippen LogP contribution is 2.60. The Hall–Kier alpha value is -2.37. The predicted molar refractivity (Wildman–Crippen MR) is 107 cm³/mol. The summed E-state index contributed by atoms with van der Waals surface area (Å²) >= 11 is 0. The molecule has 1 aromatic rings. The molecule has 29 heavy (non-hydrogen) atoms. The Bertz CT molecular complexity index is 750. The van der Waals surface area contributed by atoms with Crippen LogP contribution in [0.25, 0.3) is 0 Å². The van der Waals surface area contributed by atoms with Crippen molar-refractivity contribution in [2.45, 2.75) is 45.4 Å². The summed E-state index contributed by atoms with van der Waals surface area (Å²) in [4.78, 5) is 37.1. The van der Waals surface area contributed by atoms with Crippen LogP contribution in [0.1, 0.15) is 55.8 Å². The Morgan fingerprint density at radius 1 is 1.00 bits per heavy atom. The maximum atomic E-state index is 12.8. The molecule has 6 heteroatoms. The first-order chi connectivity index (χ1) is 14.0. The highest BCUT2D eigenvalue weighted by Gasteiger charge is 2.54. The van der Waals surface area contributed by atoms with Gasteiger partial charge in [-0.25, -0.2) is 0 Å². The summed E-state index contributed by atoms with van der Waals surface area (Å²) < 4.78 is 10.4. The summed E-state index contributed by atoms with van der Waals surface area (Å²) in [6.07, 6.45) is 6.66. The summed E-state index contributed by atoms with van der Waals surface area (Å²) in [5.41, 5.74) is 0.173. The zero-order chi connectivity index (χ0) is 20.4. The molecule has 4 saturated carbocycles. The van der Waals surface area contributed by atoms with Crippen molar-refractivity contribution >= 4 is 17.7 Å². The van der Waals surface area contributed by atoms with Crippen molar-refractivity contribution in [3.63, 3.8) is 0 Å². The summed E-state index contributed by atoms with van der Waals surface area (Å²) in [5.74, 6) is 1.83. The van der Waals surface area contributed by atoms with Gasteiger partial charge in [0.2, 0.25) is 5.91 Å². The van der Waals surface area contributed by atoms with E-state index >= 15 is 0 Å². The van der Waals surface area contributed by atoms with Crippen LogP contribution >= 0.6 is 0 Å². The molecular weight excluding hydrogens is 370 g/mol. The minimum absolute atomic E-state index is 0.00797. The molecule has 4 bridgehead atoms. The number of carbonyl (C=O) groups is 3. The van der Waals surface area contributed by atoms with Gasteiger partial charge in [-0.1, -0.05) is 0 Å². The number of benzene rings is 1. The van der Waals surface area contributed by atoms with Crippen LogP contribution in [-0.2, 0) is 14.3 Å². The van der Waals surface area contributed by atoms with Gasteiger partial charge in [0.1, 0.15) is 12.3 Å². The molecular formula is C23H29NO5. The molecule has 0 heterocycles. The molecule has 4 aliphatic rings. The van der Waals surface area contributed by atoms with Crippen LogP contribution in [0.15, 0.2) is 24.3 Å². The van der Waals surface area contributed by atoms with Crippen molar-refractivity contribution in [1.29, 1.82) is 0 Å². The Kier molecular flexibility index (Phi) is 5.61. The average Bonchev–Trinajstić information content (AvgIpc) is 2.70. The number of rotatable bonds is 8. The summed E-state index contributed by atoms with van der Waals surface area (Å²) in [7, 11) is 0. The maximum absolute atomic E-state index is 12.8. The molecule has 5 rings (SSSR count). The Morgan fingerprint density at radius 3 is 2.14 bits per heavy atom. The van der Waals surface area contributed by atoms with E-state index in [9.17, 15) is 14.4 Å². The number of esters is 1. The first-order valence-corrected chi connectivity index (χ1v) is 10.7. The molecule has 6 nitrogen and oxygen atoms in total. The lowest BCUT2D eigenvalue weighted by Gasteiger charge is -2.55. The first kappa shape index (κ1) is 19.9. The Balaban J connectivity index is 1.23. The fraction of sp³-hybridized carbons (Fsp3) is 0.609. The largest absolute Gasteiger partial charge is 0.494 e. The topological polar surface area (TPSA) is 81.7 Å². The van der Waals surface area contributed by atoms with Crippen LogP contribution in [-0.4, -0.2) is 37.4 Å². The molecule has 0 radical (unpaired) electrons. The van der Waals surface area contributed by atoms with Gasteiger partial charge in [0.15, 0.2) is 12.4 Å². The van der Waals surface area contributed by atoms with Gasteiger partial charge in [-0.3, -0.25) is 14.4 Å². The van der Waals surface area contributed by atoms with E-state index in [0.29, 0.717) is 35.7 Å². The maximum Gasteiger partial charge on any atom is 0.325 e. The lowest BCUT2D eigenvalue weighted by Crippen LogP contribution is -2.54. The molecule has 0 saturated heterocycles. The lowest BCUT2D eigenvalue weighted by atomic mass is 9.49. The summed E-state index contributed by atoms with van der Waals surface area (Å²) in [5, 5.41) is 2.78. The van der Waals surface area contributed by atoms with Gasteiger partial charge >= 0.3 is 5.97 Å². The summed E-state index contributed by atoms with van der Waals surface area (Å²) in [6.45, 7) is 1.93. The van der Waals surface area contributed by atoms with E-state index in [-0.39, 0.29) is 30.3 Å². The Morgan fingerprint density at radius 2 is 1.59 bits per heavy atom. The van der Waals surface area contributed by atoms with Crippen LogP contribution < -0.4 is 10.1 Å². The second-order valence-corrected chi connectivity index (χ2v) is 8.92. The molecule has 1 N–H and O–H groups in total. The van der Waals surface area contributed by atoms with Gasteiger partial charge in [-0.05, 0) is 87.5 Å². The SMILES string of the molecule is CCOc1ccc(C(=O)COC(=O)CNC(=O)C23CC4CC(CC(C4)C2)C3)cc1. The lowest BCUT2D eigenvalue weighted by molar-refractivity contribution is -0.150. The monoisotopic (exact) mass is 399 g/mol. The van der Waals surface area contributed by atoms with E-state index in [0.717, 1.165) is 19.3 Å². The zero-order valence-corrected chi connectivity index (χ0v) is 16.9. The molecule has 0 atom stereocenters. The minimum Gasteiger partial charge on any atom is -0.494 e. The molecule has 1 amide bonds. The molecule has 0 spiro atoms. The van der Waals surface area contributed by atoms with Crippen molar-refractivity contribution < 1.29 is 23.9 Å². The van der Waals surface area contributed by atoms with Crippen molar-refractivity contribution in [1.82, 2.24) is 5.32 Å². The number of amides is 1. The number of ether oxygens (including phenoxy) is 2. The highest BCUT2D eigenvalue weighted by atomic mass is 16.5. The zero-order valence-electron chi connectivity index (χ0n) is 16.9. The van der Waals surface area contributed by atoms with Crippen molar-refractivity contribution in [2.24, 2.45) is 23.2 Å². The second-order valence-electron chi connectivity index (χ2n) is 8.92. The van der Waals surface area contributed by atoms with E-state index in [1.54, 1.807) is 24.3 Å². The van der Waals surface area contributed by atoms with Gasteiger partial charge in [0.25, 0.3) is 0 Å². The third-order valence-corrected chi connectivity index (χ3v) is 6.76. The highest BCUT2D eigenvalue weighted by molar-refractivity contribution is 5.98. The van der Waals surface area contributed by atoms with E-state index < -0.39 is 5.97 Å². The van der Waals surface area contributed by atoms with Crippen LogP contribution in [0.5, 0.6) is 5.75 Å². The van der Waals surface area contributed by atoms with E-state index in [1.807, 2.05) is 6.92 Å². The quantitative estimate of drug-likeness (QED) is 0.536. The number of nitrogens with one attached hydrogen (secondary N) is 1. The third kappa shape index (κ3) is 4.31. The van der Waals surface area contributed by atoms with Crippen molar-refractivity contribution in [2.75, 3.05) is 19.8 Å². The molecule has 4 fully saturated rings. The Labute approximate surface area is 171 Å². The minimum atomic E-state index is -0.581. The fourth-order valence-electron chi connectivity index (χ4n) is 5.91. The molecule has 0 aromatic heterocycles. The van der Waals surface area contributed by atoms with Crippen molar-refractivity contribution in [3.05, 3.63) is 29.8 Å². The van der Waals surface area contributed by atoms with E-state index in [1.165, 1.54) is 19.3 Å². The van der Waals surface area contributed by atoms with Crippen LogP contribution in [0.3, 0.4) is 0 Å². The molecule has 4 aliphatic carbocycles. The standard InChI is InChI=1S/C23H29NO5/c1-2-28-19-5-3-18(4-6-19)20(25)14-29-21(26)13-24-22(27)23-10-15-7-16(11-23)9-17(8-15)12-23/h3-6,15-17H,2,7-14H2,1H3,(H,24,27). The summed E-state index contributed by atoms with van der Waals surface area (Å²) in [6, 6.07) is 6.72. The van der Waals surface area contributed by atoms with Gasteiger partial charge in [-0.15, -0.1) is 0 Å². The third-order valence-electron chi connectivity index (χ3n) is 6.76. The fourth-order valence-corrected chi connectivity index (χ4v) is 5.91. The number of Topliss-reactive ketones (excluding diaryl/α,β-unsaturated/α-hetero) is 1. The van der Waals surface area contributed by atoms with Gasteiger partial charge in [0.05, 0.1) is 6.61 Å². The molecule has 156 valence electrons. The number of carbonyl (C=O) groups excluding carboxylic acids is 3. The van der Waals surface area contributed by atoms with Crippen LogP contribution in [0, 0.1) is 23.2 Å². The molecule has 0 unspecified atom stereocenters.